The number of urea groups is 1. The molecule has 1 aromatic heterocycles. The van der Waals surface area contributed by atoms with Crippen molar-refractivity contribution in [3.63, 3.8) is 0 Å². The van der Waals surface area contributed by atoms with Crippen LogP contribution in [0, 0.1) is 0 Å². The molecule has 1 heterocycles. The van der Waals surface area contributed by atoms with Crippen molar-refractivity contribution in [3.05, 3.63) is 57.8 Å². The summed E-state index contributed by atoms with van der Waals surface area (Å²) in [5.41, 5.74) is 7.70. The predicted molar refractivity (Wildman–Crippen MR) is 77.7 cm³/mol. The van der Waals surface area contributed by atoms with Crippen LogP contribution < -0.4 is 16.4 Å². The number of carbonyl (C=O) groups excluding carboxylic acids is 1. The fraction of sp³-hybridized carbons (Fsp3) is 0.214. The minimum Gasteiger partial charge on any atom is -0.334 e. The first-order valence-corrected chi connectivity index (χ1v) is 6.98. The van der Waals surface area contributed by atoms with E-state index >= 15 is 0 Å². The third-order valence-corrected chi connectivity index (χ3v) is 3.56. The number of nitrogens with two attached hydrogens (primary N) is 1. The van der Waals surface area contributed by atoms with Gasteiger partial charge in [0.2, 0.25) is 0 Å². The van der Waals surface area contributed by atoms with E-state index in [1.807, 2.05) is 41.8 Å². The Morgan fingerprint density at radius 3 is 2.63 bits per heavy atom. The molecular formula is C14H17N3OS. The molecule has 4 N–H and O–H groups in total. The second-order valence-corrected chi connectivity index (χ2v) is 5.17. The molecule has 0 fully saturated rings. The summed E-state index contributed by atoms with van der Waals surface area (Å²) >= 11 is 1.63. The number of hydrogen-bond donors (Lipinski definition) is 3. The van der Waals surface area contributed by atoms with Crippen molar-refractivity contribution < 1.29 is 4.79 Å². The summed E-state index contributed by atoms with van der Waals surface area (Å²) < 4.78 is 0. The van der Waals surface area contributed by atoms with Crippen molar-refractivity contribution in [1.29, 1.82) is 0 Å². The van der Waals surface area contributed by atoms with Gasteiger partial charge < -0.3 is 16.4 Å². The third kappa shape index (κ3) is 4.39. The molecule has 0 saturated heterocycles. The zero-order valence-electron chi connectivity index (χ0n) is 10.6. The van der Waals surface area contributed by atoms with Crippen LogP contribution in [0.3, 0.4) is 0 Å². The van der Waals surface area contributed by atoms with E-state index in [-0.39, 0.29) is 6.03 Å². The van der Waals surface area contributed by atoms with E-state index in [4.69, 9.17) is 5.73 Å². The fourth-order valence-corrected chi connectivity index (χ4v) is 2.34. The Bertz CT molecular complexity index is 525. The molecule has 4 nitrogen and oxygen atoms in total. The molecule has 1 aromatic carbocycles. The Balaban J connectivity index is 1.76. The number of carbonyl (C=O) groups is 1. The van der Waals surface area contributed by atoms with Gasteiger partial charge >= 0.3 is 6.03 Å². The molecule has 0 saturated carbocycles. The Labute approximate surface area is 116 Å². The van der Waals surface area contributed by atoms with Crippen molar-refractivity contribution in [2.24, 2.45) is 5.73 Å². The van der Waals surface area contributed by atoms with E-state index in [0.717, 1.165) is 16.0 Å². The number of hydrogen-bond acceptors (Lipinski definition) is 3. The lowest BCUT2D eigenvalue weighted by molar-refractivity contribution is 0.240. The van der Waals surface area contributed by atoms with Gasteiger partial charge in [-0.1, -0.05) is 30.3 Å². The molecule has 19 heavy (non-hydrogen) atoms. The average Bonchev–Trinajstić information content (AvgIpc) is 2.96. The Morgan fingerprint density at radius 1 is 1.11 bits per heavy atom. The van der Waals surface area contributed by atoms with Gasteiger partial charge in [0.1, 0.15) is 0 Å². The zero-order chi connectivity index (χ0) is 13.5. The summed E-state index contributed by atoms with van der Waals surface area (Å²) in [7, 11) is 0. The van der Waals surface area contributed by atoms with E-state index in [1.165, 1.54) is 0 Å². The lowest BCUT2D eigenvalue weighted by Gasteiger charge is -2.07. The molecule has 0 bridgehead atoms. The van der Waals surface area contributed by atoms with Crippen LogP contribution in [0.1, 0.15) is 16.0 Å². The fourth-order valence-electron chi connectivity index (χ4n) is 1.69. The van der Waals surface area contributed by atoms with Crippen molar-refractivity contribution in [2.75, 3.05) is 0 Å². The SMILES string of the molecule is NCc1cccc(CNC(=O)NCc2cccs2)c1. The Morgan fingerprint density at radius 2 is 1.89 bits per heavy atom. The van der Waals surface area contributed by atoms with Crippen LogP contribution in [0.4, 0.5) is 4.79 Å². The third-order valence-electron chi connectivity index (χ3n) is 2.68. The largest absolute Gasteiger partial charge is 0.334 e. The lowest BCUT2D eigenvalue weighted by Crippen LogP contribution is -2.34. The summed E-state index contributed by atoms with van der Waals surface area (Å²) in [6.45, 7) is 1.58. The predicted octanol–water partition coefficient (Wildman–Crippen LogP) is 2.21. The van der Waals surface area contributed by atoms with Gasteiger partial charge in [0.25, 0.3) is 0 Å². The number of benzene rings is 1. The smallest absolute Gasteiger partial charge is 0.315 e. The first kappa shape index (κ1) is 13.6. The zero-order valence-corrected chi connectivity index (χ0v) is 11.4. The molecule has 5 heteroatoms. The average molecular weight is 275 g/mol. The number of thiophene rings is 1. The molecule has 0 aliphatic carbocycles. The van der Waals surface area contributed by atoms with Crippen LogP contribution in [0.2, 0.25) is 0 Å². The van der Waals surface area contributed by atoms with Crippen LogP contribution in [-0.2, 0) is 19.6 Å². The van der Waals surface area contributed by atoms with Gasteiger partial charge in [0.05, 0.1) is 6.54 Å². The molecule has 100 valence electrons. The van der Waals surface area contributed by atoms with E-state index < -0.39 is 0 Å². The summed E-state index contributed by atoms with van der Waals surface area (Å²) in [5, 5.41) is 7.64. The van der Waals surface area contributed by atoms with Gasteiger partial charge in [-0.2, -0.15) is 0 Å². The highest BCUT2D eigenvalue weighted by Crippen LogP contribution is 2.07. The normalized spacial score (nSPS) is 10.2. The molecule has 0 atom stereocenters. The maximum atomic E-state index is 11.6. The van der Waals surface area contributed by atoms with Gasteiger partial charge in [-0.15, -0.1) is 11.3 Å². The molecule has 0 aliphatic heterocycles. The molecule has 0 spiro atoms. The van der Waals surface area contributed by atoms with E-state index in [0.29, 0.717) is 19.6 Å². The monoisotopic (exact) mass is 275 g/mol. The maximum Gasteiger partial charge on any atom is 0.315 e. The van der Waals surface area contributed by atoms with Crippen LogP contribution in [0.5, 0.6) is 0 Å². The highest BCUT2D eigenvalue weighted by molar-refractivity contribution is 7.09. The molecule has 2 aromatic rings. The topological polar surface area (TPSA) is 67.1 Å². The van der Waals surface area contributed by atoms with Crippen LogP contribution in [0.15, 0.2) is 41.8 Å². The van der Waals surface area contributed by atoms with E-state index in [9.17, 15) is 4.79 Å². The van der Waals surface area contributed by atoms with Gasteiger partial charge in [-0.05, 0) is 22.6 Å². The second-order valence-electron chi connectivity index (χ2n) is 4.14. The first-order chi connectivity index (χ1) is 9.28. The summed E-state index contributed by atoms with van der Waals surface area (Å²) in [4.78, 5) is 12.8. The molecule has 0 unspecified atom stereocenters. The summed E-state index contributed by atoms with van der Waals surface area (Å²) in [6, 6.07) is 11.7. The molecule has 2 rings (SSSR count). The van der Waals surface area contributed by atoms with Crippen LogP contribution in [0.25, 0.3) is 0 Å². The number of amides is 2. The highest BCUT2D eigenvalue weighted by Gasteiger charge is 2.01. The van der Waals surface area contributed by atoms with Gasteiger partial charge in [0.15, 0.2) is 0 Å². The number of nitrogens with one attached hydrogen (secondary N) is 2. The molecule has 0 radical (unpaired) electrons. The van der Waals surface area contributed by atoms with Crippen molar-refractivity contribution in [1.82, 2.24) is 10.6 Å². The van der Waals surface area contributed by atoms with Crippen molar-refractivity contribution >= 4 is 17.4 Å². The second kappa shape index (κ2) is 6.92. The summed E-state index contributed by atoms with van der Waals surface area (Å²) in [6.07, 6.45) is 0. The molecule has 2 amide bonds. The standard InChI is InChI=1S/C14H17N3OS/c15-8-11-3-1-4-12(7-11)9-16-14(18)17-10-13-5-2-6-19-13/h1-7H,8-10,15H2,(H2,16,17,18). The Hall–Kier alpha value is -1.85. The molecular weight excluding hydrogens is 258 g/mol. The van der Waals surface area contributed by atoms with Crippen LogP contribution >= 0.6 is 11.3 Å². The lowest BCUT2D eigenvalue weighted by atomic mass is 10.1. The minimum atomic E-state index is -0.161. The van der Waals surface area contributed by atoms with Gasteiger partial charge in [0, 0.05) is 18.0 Å². The van der Waals surface area contributed by atoms with E-state index in [2.05, 4.69) is 10.6 Å². The Kier molecular flexibility index (Phi) is 4.94. The first-order valence-electron chi connectivity index (χ1n) is 6.10. The van der Waals surface area contributed by atoms with Crippen molar-refractivity contribution in [3.8, 4) is 0 Å². The molecule has 0 aliphatic rings. The number of rotatable bonds is 5. The summed E-state index contributed by atoms with van der Waals surface area (Å²) in [5.74, 6) is 0. The van der Waals surface area contributed by atoms with E-state index in [1.54, 1.807) is 11.3 Å². The van der Waals surface area contributed by atoms with Gasteiger partial charge in [-0.25, -0.2) is 4.79 Å². The van der Waals surface area contributed by atoms with Gasteiger partial charge in [-0.3, -0.25) is 0 Å². The minimum absolute atomic E-state index is 0.161. The van der Waals surface area contributed by atoms with Crippen molar-refractivity contribution in [2.45, 2.75) is 19.6 Å². The quantitative estimate of drug-likeness (QED) is 0.783. The highest BCUT2D eigenvalue weighted by atomic mass is 32.1. The van der Waals surface area contributed by atoms with Crippen LogP contribution in [-0.4, -0.2) is 6.03 Å². The maximum absolute atomic E-state index is 11.6.